The molecule has 0 aromatic rings. The first kappa shape index (κ1) is 18.6. The summed E-state index contributed by atoms with van der Waals surface area (Å²) < 4.78 is 5.25. The van der Waals surface area contributed by atoms with Crippen molar-refractivity contribution in [3.8, 4) is 0 Å². The summed E-state index contributed by atoms with van der Waals surface area (Å²) in [6, 6.07) is 0. The summed E-state index contributed by atoms with van der Waals surface area (Å²) in [6.07, 6.45) is -1.16. The molecule has 4 atom stereocenters. The van der Waals surface area contributed by atoms with E-state index in [9.17, 15) is 24.6 Å². The molecule has 7 nitrogen and oxygen atoms in total. The first-order valence-electron chi connectivity index (χ1n) is 7.40. The number of ether oxygens (including phenoxy) is 1. The van der Waals surface area contributed by atoms with Crippen LogP contribution < -0.4 is 5.73 Å². The van der Waals surface area contributed by atoms with E-state index < -0.39 is 46.8 Å². The topological polar surface area (TPSA) is 127 Å². The second kappa shape index (κ2) is 6.34. The number of aliphatic carboxylic acids is 1. The van der Waals surface area contributed by atoms with Crippen LogP contribution in [-0.4, -0.2) is 45.2 Å². The lowest BCUT2D eigenvalue weighted by Gasteiger charge is -2.43. The molecular weight excluding hydrogens is 290 g/mol. The molecule has 1 unspecified atom stereocenters. The van der Waals surface area contributed by atoms with E-state index in [0.29, 0.717) is 0 Å². The molecule has 0 aromatic heterocycles. The van der Waals surface area contributed by atoms with E-state index in [1.165, 1.54) is 0 Å². The van der Waals surface area contributed by atoms with Crippen LogP contribution in [0.4, 0.5) is 0 Å². The van der Waals surface area contributed by atoms with Crippen LogP contribution in [-0.2, 0) is 19.1 Å². The zero-order valence-electron chi connectivity index (χ0n) is 13.5. The number of ketones is 1. The summed E-state index contributed by atoms with van der Waals surface area (Å²) in [7, 11) is 0. The van der Waals surface area contributed by atoms with Crippen molar-refractivity contribution < 1.29 is 29.3 Å². The van der Waals surface area contributed by atoms with E-state index in [1.54, 1.807) is 27.7 Å². The highest BCUT2D eigenvalue weighted by molar-refractivity contribution is 5.95. The van der Waals surface area contributed by atoms with Gasteiger partial charge in [-0.05, 0) is 33.6 Å². The molecule has 0 amide bonds. The fourth-order valence-electron chi connectivity index (χ4n) is 2.87. The summed E-state index contributed by atoms with van der Waals surface area (Å²) in [5, 5.41) is 19.6. The van der Waals surface area contributed by atoms with Gasteiger partial charge in [0.25, 0.3) is 0 Å². The van der Waals surface area contributed by atoms with E-state index in [-0.39, 0.29) is 19.3 Å². The van der Waals surface area contributed by atoms with Crippen LogP contribution in [0.2, 0.25) is 0 Å². The van der Waals surface area contributed by atoms with Crippen molar-refractivity contribution in [2.45, 2.75) is 64.2 Å². The number of esters is 1. The lowest BCUT2D eigenvalue weighted by molar-refractivity contribution is -0.177. The molecule has 1 fully saturated rings. The van der Waals surface area contributed by atoms with Crippen LogP contribution in [0.1, 0.15) is 47.0 Å². The Hall–Kier alpha value is -1.47. The van der Waals surface area contributed by atoms with Gasteiger partial charge in [-0.2, -0.15) is 0 Å². The van der Waals surface area contributed by atoms with Crippen LogP contribution >= 0.6 is 0 Å². The summed E-state index contributed by atoms with van der Waals surface area (Å²) in [5.41, 5.74) is 3.26. The number of carboxylic acid groups (broad SMARTS) is 1. The summed E-state index contributed by atoms with van der Waals surface area (Å²) in [6.45, 7) is 6.54. The third kappa shape index (κ3) is 3.64. The van der Waals surface area contributed by atoms with Crippen molar-refractivity contribution in [2.24, 2.45) is 17.6 Å². The number of hydrogen-bond donors (Lipinski definition) is 3. The van der Waals surface area contributed by atoms with Gasteiger partial charge in [-0.3, -0.25) is 14.4 Å². The first-order chi connectivity index (χ1) is 9.94. The van der Waals surface area contributed by atoms with Gasteiger partial charge in [0.1, 0.15) is 16.9 Å². The lowest BCUT2D eigenvalue weighted by atomic mass is 9.64. The molecule has 0 aromatic carbocycles. The number of aliphatic hydroxyl groups excluding tert-OH is 1. The highest BCUT2D eigenvalue weighted by atomic mass is 16.6. The SMILES string of the molecule is CCC(=O)C1[C@H](C(=O)OC(C)(C)C)[C@@H](O)CC[C@]1(N)C(=O)O. The zero-order chi connectivity index (χ0) is 17.3. The average Bonchev–Trinajstić information content (AvgIpc) is 2.37. The fourth-order valence-corrected chi connectivity index (χ4v) is 2.87. The molecule has 1 saturated carbocycles. The molecule has 0 spiro atoms. The predicted molar refractivity (Wildman–Crippen MR) is 77.9 cm³/mol. The monoisotopic (exact) mass is 315 g/mol. The zero-order valence-corrected chi connectivity index (χ0v) is 13.5. The lowest BCUT2D eigenvalue weighted by Crippen LogP contribution is -2.65. The van der Waals surface area contributed by atoms with Gasteiger partial charge in [-0.1, -0.05) is 6.92 Å². The first-order valence-corrected chi connectivity index (χ1v) is 7.40. The summed E-state index contributed by atoms with van der Waals surface area (Å²) in [5.74, 6) is -5.16. The minimum Gasteiger partial charge on any atom is -0.480 e. The Morgan fingerprint density at radius 1 is 1.32 bits per heavy atom. The van der Waals surface area contributed by atoms with Crippen LogP contribution in [0.15, 0.2) is 0 Å². The molecule has 1 rings (SSSR count). The highest BCUT2D eigenvalue weighted by Gasteiger charge is 2.57. The Labute approximate surface area is 129 Å². The predicted octanol–water partition coefficient (Wildman–Crippen LogP) is 0.476. The van der Waals surface area contributed by atoms with Crippen molar-refractivity contribution in [1.29, 1.82) is 0 Å². The molecule has 0 bridgehead atoms. The molecule has 4 N–H and O–H groups in total. The molecule has 0 heterocycles. The van der Waals surface area contributed by atoms with Gasteiger partial charge < -0.3 is 20.7 Å². The van der Waals surface area contributed by atoms with Gasteiger partial charge in [-0.25, -0.2) is 0 Å². The number of carbonyl (C=O) groups is 3. The molecule has 1 aliphatic carbocycles. The minimum atomic E-state index is -1.87. The van der Waals surface area contributed by atoms with Crippen LogP contribution in [0, 0.1) is 11.8 Å². The maximum absolute atomic E-state index is 12.4. The Morgan fingerprint density at radius 3 is 2.27 bits per heavy atom. The normalized spacial score (nSPS) is 32.4. The van der Waals surface area contributed by atoms with Gasteiger partial charge in [0.15, 0.2) is 0 Å². The number of carboxylic acids is 1. The van der Waals surface area contributed by atoms with E-state index in [0.717, 1.165) is 0 Å². The Bertz CT molecular complexity index is 469. The highest BCUT2D eigenvalue weighted by Crippen LogP contribution is 2.39. The van der Waals surface area contributed by atoms with Crippen LogP contribution in [0.25, 0.3) is 0 Å². The van der Waals surface area contributed by atoms with Crippen molar-refractivity contribution >= 4 is 17.7 Å². The molecular formula is C15H25NO6. The molecule has 0 aliphatic heterocycles. The molecule has 22 heavy (non-hydrogen) atoms. The number of Topliss-reactive ketones (excluding diaryl/α,β-unsaturated/α-hetero) is 1. The Morgan fingerprint density at radius 2 is 1.86 bits per heavy atom. The van der Waals surface area contributed by atoms with Gasteiger partial charge in [0, 0.05) is 6.42 Å². The number of hydrogen-bond acceptors (Lipinski definition) is 6. The largest absolute Gasteiger partial charge is 0.480 e. The third-order valence-corrected chi connectivity index (χ3v) is 3.95. The van der Waals surface area contributed by atoms with Crippen LogP contribution in [0.3, 0.4) is 0 Å². The third-order valence-electron chi connectivity index (χ3n) is 3.95. The second-order valence-electron chi connectivity index (χ2n) is 6.81. The van der Waals surface area contributed by atoms with E-state index in [2.05, 4.69) is 0 Å². The van der Waals surface area contributed by atoms with Gasteiger partial charge >= 0.3 is 11.9 Å². The van der Waals surface area contributed by atoms with Crippen molar-refractivity contribution in [3.63, 3.8) is 0 Å². The maximum Gasteiger partial charge on any atom is 0.324 e. The molecule has 0 radical (unpaired) electrons. The van der Waals surface area contributed by atoms with Gasteiger partial charge in [0.05, 0.1) is 17.9 Å². The Kier molecular flexibility index (Phi) is 5.35. The summed E-state index contributed by atoms with van der Waals surface area (Å²) in [4.78, 5) is 36.2. The van der Waals surface area contributed by atoms with Crippen molar-refractivity contribution in [1.82, 2.24) is 0 Å². The van der Waals surface area contributed by atoms with Gasteiger partial charge in [0.2, 0.25) is 0 Å². The fraction of sp³-hybridized carbons (Fsp3) is 0.800. The molecule has 126 valence electrons. The molecule has 0 saturated heterocycles. The number of rotatable bonds is 4. The van der Waals surface area contributed by atoms with Crippen molar-refractivity contribution in [3.05, 3.63) is 0 Å². The average molecular weight is 315 g/mol. The van der Waals surface area contributed by atoms with E-state index in [1.807, 2.05) is 0 Å². The number of carbonyl (C=O) groups excluding carboxylic acids is 2. The Balaban J connectivity index is 3.26. The van der Waals surface area contributed by atoms with Gasteiger partial charge in [-0.15, -0.1) is 0 Å². The van der Waals surface area contributed by atoms with E-state index in [4.69, 9.17) is 10.5 Å². The number of aliphatic hydroxyl groups is 1. The molecule has 7 heteroatoms. The van der Waals surface area contributed by atoms with E-state index >= 15 is 0 Å². The molecule has 1 aliphatic rings. The minimum absolute atomic E-state index is 0.0280. The quantitative estimate of drug-likeness (QED) is 0.644. The van der Waals surface area contributed by atoms with Crippen LogP contribution in [0.5, 0.6) is 0 Å². The maximum atomic E-state index is 12.4. The summed E-state index contributed by atoms with van der Waals surface area (Å²) >= 11 is 0. The smallest absolute Gasteiger partial charge is 0.324 e. The standard InChI is InChI=1S/C15H25NO6/c1-5-8(17)11-10(12(19)22-14(2,3)4)9(18)6-7-15(11,16)13(20)21/h9-11,18H,5-7,16H2,1-4H3,(H,20,21)/t9-,10+,11?,15+/m0/s1. The second-order valence-corrected chi connectivity index (χ2v) is 6.81. The van der Waals surface area contributed by atoms with Crippen molar-refractivity contribution in [2.75, 3.05) is 0 Å². The number of nitrogens with two attached hydrogens (primary N) is 1.